The van der Waals surface area contributed by atoms with Crippen LogP contribution in [0.5, 0.6) is 0 Å². The van der Waals surface area contributed by atoms with Crippen molar-refractivity contribution in [2.75, 3.05) is 0 Å². The Morgan fingerprint density at radius 1 is 1.75 bits per heavy atom. The molecular weight excluding hydrogens is 100 g/mol. The summed E-state index contributed by atoms with van der Waals surface area (Å²) in [5.74, 6) is 0. The van der Waals surface area contributed by atoms with Gasteiger partial charge >= 0.3 is 0 Å². The Kier molecular flexibility index (Phi) is 12.5. The first kappa shape index (κ1) is 10.4. The number of carbonyl (C=O) groups is 1. The van der Waals surface area contributed by atoms with Crippen molar-refractivity contribution >= 4 is 6.29 Å². The van der Waals surface area contributed by atoms with Crippen molar-refractivity contribution in [3.8, 4) is 0 Å². The standard InChI is InChI=1S/C5H10.C2H4O/c1-4-5(2)3;1-2-3/h2,4H2,1,3H3;2H,1H3. The molecule has 0 N–H and O–H groups in total. The van der Waals surface area contributed by atoms with Crippen LogP contribution in [-0.2, 0) is 4.79 Å². The van der Waals surface area contributed by atoms with E-state index in [-0.39, 0.29) is 0 Å². The molecule has 0 rings (SSSR count). The van der Waals surface area contributed by atoms with E-state index in [9.17, 15) is 0 Å². The number of hydrogen-bond donors (Lipinski definition) is 0. The average Bonchev–Trinajstić information content (AvgIpc) is 1.69. The Morgan fingerprint density at radius 3 is 1.88 bits per heavy atom. The molecule has 0 heterocycles. The predicted octanol–water partition coefficient (Wildman–Crippen LogP) is 2.18. The number of carbonyl (C=O) groups excluding carboxylic acids is 1. The Balaban J connectivity index is 0. The van der Waals surface area contributed by atoms with E-state index in [4.69, 9.17) is 4.79 Å². The van der Waals surface area contributed by atoms with Gasteiger partial charge in [0.15, 0.2) is 0 Å². The SMILES string of the molecule is C=C(C)CC.CC=O. The highest BCUT2D eigenvalue weighted by molar-refractivity contribution is 5.44. The third kappa shape index (κ3) is 52.9. The molecule has 0 fully saturated rings. The summed E-state index contributed by atoms with van der Waals surface area (Å²) >= 11 is 0. The van der Waals surface area contributed by atoms with Gasteiger partial charge in [0.1, 0.15) is 6.29 Å². The third-order valence-corrected chi connectivity index (χ3v) is 0.604. The molecule has 0 spiro atoms. The predicted molar refractivity (Wildman–Crippen MR) is 36.8 cm³/mol. The Bertz CT molecular complexity index is 64.8. The molecule has 0 aromatic heterocycles. The molecule has 0 aliphatic carbocycles. The van der Waals surface area contributed by atoms with Gasteiger partial charge in [0, 0.05) is 0 Å². The van der Waals surface area contributed by atoms with E-state index in [0.717, 1.165) is 12.7 Å². The van der Waals surface area contributed by atoms with Gasteiger partial charge in [-0.2, -0.15) is 0 Å². The largest absolute Gasteiger partial charge is 0.304 e. The van der Waals surface area contributed by atoms with Crippen LogP contribution in [0.3, 0.4) is 0 Å². The second-order valence-corrected chi connectivity index (χ2v) is 1.55. The second-order valence-electron chi connectivity index (χ2n) is 1.55. The number of hydrogen-bond acceptors (Lipinski definition) is 1. The van der Waals surface area contributed by atoms with Gasteiger partial charge in [-0.05, 0) is 20.3 Å². The van der Waals surface area contributed by atoms with E-state index < -0.39 is 0 Å². The van der Waals surface area contributed by atoms with Crippen LogP contribution in [-0.4, -0.2) is 6.29 Å². The van der Waals surface area contributed by atoms with Crippen LogP contribution < -0.4 is 0 Å². The molecule has 48 valence electrons. The van der Waals surface area contributed by atoms with Crippen molar-refractivity contribution in [3.63, 3.8) is 0 Å². The highest BCUT2D eigenvalue weighted by Gasteiger charge is 1.67. The fourth-order valence-corrected chi connectivity index (χ4v) is 0. The van der Waals surface area contributed by atoms with Crippen LogP contribution in [0.15, 0.2) is 12.2 Å². The highest BCUT2D eigenvalue weighted by Crippen LogP contribution is 1.88. The lowest BCUT2D eigenvalue weighted by atomic mass is 10.3. The van der Waals surface area contributed by atoms with Gasteiger partial charge in [-0.3, -0.25) is 0 Å². The fraction of sp³-hybridized carbons (Fsp3) is 0.571. The van der Waals surface area contributed by atoms with Crippen molar-refractivity contribution < 1.29 is 4.79 Å². The summed E-state index contributed by atoms with van der Waals surface area (Å²) in [4.78, 5) is 8.81. The molecule has 0 amide bonds. The molecule has 0 aliphatic rings. The zero-order valence-electron chi connectivity index (χ0n) is 5.90. The van der Waals surface area contributed by atoms with Crippen molar-refractivity contribution in [1.82, 2.24) is 0 Å². The zero-order chi connectivity index (χ0) is 6.99. The van der Waals surface area contributed by atoms with Gasteiger partial charge in [0.2, 0.25) is 0 Å². The molecule has 0 saturated heterocycles. The maximum Gasteiger partial charge on any atom is 0.116 e. The van der Waals surface area contributed by atoms with Crippen molar-refractivity contribution in [2.24, 2.45) is 0 Å². The van der Waals surface area contributed by atoms with Crippen LogP contribution in [0.4, 0.5) is 0 Å². The van der Waals surface area contributed by atoms with E-state index in [2.05, 4.69) is 13.5 Å². The summed E-state index contributed by atoms with van der Waals surface area (Å²) in [5.41, 5.74) is 1.25. The minimum Gasteiger partial charge on any atom is -0.304 e. The van der Waals surface area contributed by atoms with Crippen LogP contribution in [0.1, 0.15) is 27.2 Å². The molecule has 8 heavy (non-hydrogen) atoms. The summed E-state index contributed by atoms with van der Waals surface area (Å²) in [6, 6.07) is 0. The van der Waals surface area contributed by atoms with Crippen LogP contribution in [0.25, 0.3) is 0 Å². The minimum absolute atomic E-state index is 0.750. The van der Waals surface area contributed by atoms with Gasteiger partial charge in [0.05, 0.1) is 0 Å². The molecule has 1 heteroatoms. The topological polar surface area (TPSA) is 17.1 Å². The van der Waals surface area contributed by atoms with E-state index >= 15 is 0 Å². The van der Waals surface area contributed by atoms with E-state index in [1.807, 2.05) is 6.92 Å². The molecular formula is C7H14O. The summed E-state index contributed by atoms with van der Waals surface area (Å²) in [5, 5.41) is 0. The van der Waals surface area contributed by atoms with Crippen LogP contribution in [0, 0.1) is 0 Å². The molecule has 0 aromatic rings. The lowest BCUT2D eigenvalue weighted by Crippen LogP contribution is -1.58. The molecule has 0 atom stereocenters. The Morgan fingerprint density at radius 2 is 1.88 bits per heavy atom. The van der Waals surface area contributed by atoms with Crippen molar-refractivity contribution in [3.05, 3.63) is 12.2 Å². The van der Waals surface area contributed by atoms with Crippen molar-refractivity contribution in [1.29, 1.82) is 0 Å². The van der Waals surface area contributed by atoms with Crippen molar-refractivity contribution in [2.45, 2.75) is 27.2 Å². The van der Waals surface area contributed by atoms with Gasteiger partial charge in [-0.25, -0.2) is 0 Å². The molecule has 0 aliphatic heterocycles. The molecule has 1 nitrogen and oxygen atoms in total. The smallest absolute Gasteiger partial charge is 0.116 e. The number of aldehydes is 1. The third-order valence-electron chi connectivity index (χ3n) is 0.604. The lowest BCUT2D eigenvalue weighted by Gasteiger charge is -1.79. The molecule has 0 unspecified atom stereocenters. The average molecular weight is 114 g/mol. The minimum atomic E-state index is 0.750. The summed E-state index contributed by atoms with van der Waals surface area (Å²) in [6.07, 6.45) is 1.86. The maximum atomic E-state index is 8.81. The van der Waals surface area contributed by atoms with Crippen LogP contribution in [0.2, 0.25) is 0 Å². The van der Waals surface area contributed by atoms with E-state index in [1.165, 1.54) is 12.5 Å². The molecule has 0 saturated carbocycles. The van der Waals surface area contributed by atoms with Gasteiger partial charge < -0.3 is 4.79 Å². The second kappa shape index (κ2) is 9.65. The summed E-state index contributed by atoms with van der Waals surface area (Å²) in [7, 11) is 0. The van der Waals surface area contributed by atoms with E-state index in [0.29, 0.717) is 0 Å². The molecule has 0 aromatic carbocycles. The first-order chi connectivity index (χ1) is 3.68. The van der Waals surface area contributed by atoms with Gasteiger partial charge in [-0.15, -0.1) is 6.58 Å². The summed E-state index contributed by atoms with van der Waals surface area (Å²) < 4.78 is 0. The van der Waals surface area contributed by atoms with Gasteiger partial charge in [-0.1, -0.05) is 12.5 Å². The number of rotatable bonds is 1. The quantitative estimate of drug-likeness (QED) is 0.377. The Labute approximate surface area is 51.4 Å². The first-order valence-corrected chi connectivity index (χ1v) is 2.73. The van der Waals surface area contributed by atoms with Crippen LogP contribution >= 0.6 is 0 Å². The lowest BCUT2D eigenvalue weighted by molar-refractivity contribution is -0.106. The highest BCUT2D eigenvalue weighted by atomic mass is 16.1. The first-order valence-electron chi connectivity index (χ1n) is 2.73. The zero-order valence-corrected chi connectivity index (χ0v) is 5.90. The fourth-order valence-electron chi connectivity index (χ4n) is 0. The Hall–Kier alpha value is -0.590. The monoisotopic (exact) mass is 114 g/mol. The normalized spacial score (nSPS) is 6.38. The summed E-state index contributed by atoms with van der Waals surface area (Å²) in [6.45, 7) is 9.25. The molecule has 0 bridgehead atoms. The number of allylic oxidation sites excluding steroid dienone is 1. The molecule has 0 radical (unpaired) electrons. The van der Waals surface area contributed by atoms with Gasteiger partial charge in [0.25, 0.3) is 0 Å². The van der Waals surface area contributed by atoms with E-state index in [1.54, 1.807) is 0 Å². The maximum absolute atomic E-state index is 8.81.